The van der Waals surface area contributed by atoms with Crippen molar-refractivity contribution in [3.05, 3.63) is 59.4 Å². The number of anilines is 2. The van der Waals surface area contributed by atoms with Crippen LogP contribution in [-0.4, -0.2) is 33.7 Å². The van der Waals surface area contributed by atoms with E-state index in [1.807, 2.05) is 31.2 Å². The Labute approximate surface area is 189 Å². The van der Waals surface area contributed by atoms with E-state index in [1.54, 1.807) is 24.4 Å². The van der Waals surface area contributed by atoms with Gasteiger partial charge in [0.2, 0.25) is 0 Å². The van der Waals surface area contributed by atoms with Crippen LogP contribution >= 0.6 is 11.3 Å². The molecule has 4 rings (SSSR count). The van der Waals surface area contributed by atoms with Crippen LogP contribution in [-0.2, 0) is 15.1 Å². The maximum absolute atomic E-state index is 12.2. The summed E-state index contributed by atoms with van der Waals surface area (Å²) in [6.07, 6.45) is 5.21. The minimum Gasteiger partial charge on any atom is -0.480 e. The fourth-order valence-electron chi connectivity index (χ4n) is 3.83. The number of rotatable bonds is 7. The van der Waals surface area contributed by atoms with Gasteiger partial charge in [0.25, 0.3) is 0 Å². The van der Waals surface area contributed by atoms with Gasteiger partial charge < -0.3 is 15.2 Å². The largest absolute Gasteiger partial charge is 0.480 e. The third-order valence-electron chi connectivity index (χ3n) is 5.37. The summed E-state index contributed by atoms with van der Waals surface area (Å²) in [4.78, 5) is 33.3. The number of hydrogen-bond acceptors (Lipinski definition) is 6. The van der Waals surface area contributed by atoms with E-state index >= 15 is 0 Å². The molecular formula is C23H24N4O4S. The third-order valence-corrected chi connectivity index (χ3v) is 6.76. The Balaban J connectivity index is 1.48. The Morgan fingerprint density at radius 3 is 2.53 bits per heavy atom. The summed E-state index contributed by atoms with van der Waals surface area (Å²) in [7, 11) is 0. The highest BCUT2D eigenvalue weighted by Gasteiger charge is 2.40. The number of ether oxygens (including phenoxy) is 1. The van der Waals surface area contributed by atoms with Crippen molar-refractivity contribution in [3.8, 4) is 10.4 Å². The van der Waals surface area contributed by atoms with Gasteiger partial charge >= 0.3 is 12.0 Å². The number of aliphatic carboxylic acids is 1. The molecule has 1 aromatic carbocycles. The van der Waals surface area contributed by atoms with E-state index in [4.69, 9.17) is 14.8 Å². The molecule has 2 amide bonds. The highest BCUT2D eigenvalue weighted by molar-refractivity contribution is 7.15. The first kappa shape index (κ1) is 21.9. The maximum Gasteiger partial charge on any atom is 0.329 e. The van der Waals surface area contributed by atoms with Gasteiger partial charge in [0, 0.05) is 17.4 Å². The Hall–Kier alpha value is -3.30. The molecular weight excluding hydrogens is 428 g/mol. The van der Waals surface area contributed by atoms with Crippen molar-refractivity contribution in [3.63, 3.8) is 0 Å². The van der Waals surface area contributed by atoms with Gasteiger partial charge in [0.1, 0.15) is 23.0 Å². The molecule has 1 aliphatic carbocycles. The topological polar surface area (TPSA) is 113 Å². The van der Waals surface area contributed by atoms with Gasteiger partial charge in [0.05, 0.1) is 10.6 Å². The number of aromatic nitrogens is 2. The van der Waals surface area contributed by atoms with Gasteiger partial charge in [-0.2, -0.15) is 0 Å². The molecule has 0 radical (unpaired) electrons. The van der Waals surface area contributed by atoms with Crippen molar-refractivity contribution in [2.24, 2.45) is 0 Å². The van der Waals surface area contributed by atoms with E-state index in [-0.39, 0.29) is 12.6 Å². The van der Waals surface area contributed by atoms with Gasteiger partial charge in [-0.3, -0.25) is 5.32 Å². The number of amides is 2. The number of benzene rings is 1. The van der Waals surface area contributed by atoms with Crippen molar-refractivity contribution >= 4 is 34.8 Å². The predicted molar refractivity (Wildman–Crippen MR) is 123 cm³/mol. The van der Waals surface area contributed by atoms with Crippen LogP contribution in [0.4, 0.5) is 16.3 Å². The van der Waals surface area contributed by atoms with Crippen molar-refractivity contribution in [1.29, 1.82) is 0 Å². The first-order valence-electron chi connectivity index (χ1n) is 10.4. The normalized spacial score (nSPS) is 14.8. The number of hydrogen-bond donors (Lipinski definition) is 3. The summed E-state index contributed by atoms with van der Waals surface area (Å²) in [6.45, 7) is 1.59. The average Bonchev–Trinajstić information content (AvgIpc) is 3.41. The second kappa shape index (κ2) is 9.46. The number of urea groups is 1. The number of nitrogens with one attached hydrogen (secondary N) is 2. The third kappa shape index (κ3) is 4.95. The highest BCUT2D eigenvalue weighted by Crippen LogP contribution is 2.46. The van der Waals surface area contributed by atoms with Crippen molar-refractivity contribution in [2.45, 2.75) is 38.2 Å². The molecule has 0 spiro atoms. The summed E-state index contributed by atoms with van der Waals surface area (Å²) in [5.74, 6) is -0.546. The lowest BCUT2D eigenvalue weighted by Gasteiger charge is -2.26. The molecule has 3 N–H and O–H groups in total. The van der Waals surface area contributed by atoms with Gasteiger partial charge in [0.15, 0.2) is 0 Å². The Bertz CT molecular complexity index is 1090. The summed E-state index contributed by atoms with van der Waals surface area (Å²) < 4.78 is 5.83. The van der Waals surface area contributed by atoms with Gasteiger partial charge in [-0.1, -0.05) is 31.0 Å². The summed E-state index contributed by atoms with van der Waals surface area (Å²) in [6, 6.07) is 12.4. The molecule has 0 aliphatic heterocycles. The maximum atomic E-state index is 12.2. The van der Waals surface area contributed by atoms with Gasteiger partial charge in [-0.25, -0.2) is 19.6 Å². The van der Waals surface area contributed by atoms with Crippen LogP contribution < -0.4 is 10.6 Å². The Morgan fingerprint density at radius 1 is 1.12 bits per heavy atom. The van der Waals surface area contributed by atoms with Crippen LogP contribution in [0.15, 0.2) is 48.7 Å². The van der Waals surface area contributed by atoms with Crippen molar-refractivity contribution in [1.82, 2.24) is 9.97 Å². The number of thiazole rings is 1. The zero-order chi connectivity index (χ0) is 22.6. The second-order valence-corrected chi connectivity index (χ2v) is 8.69. The van der Waals surface area contributed by atoms with Crippen LogP contribution in [0.3, 0.4) is 0 Å². The number of nitrogens with zero attached hydrogens (tertiary/aromatic N) is 2. The van der Waals surface area contributed by atoms with Crippen LogP contribution in [0.1, 0.15) is 36.4 Å². The zero-order valence-corrected chi connectivity index (χ0v) is 18.4. The average molecular weight is 453 g/mol. The number of carboxylic acids is 1. The zero-order valence-electron chi connectivity index (χ0n) is 17.6. The molecule has 0 saturated heterocycles. The monoisotopic (exact) mass is 452 g/mol. The van der Waals surface area contributed by atoms with Crippen LogP contribution in [0.2, 0.25) is 0 Å². The highest BCUT2D eigenvalue weighted by atomic mass is 32.1. The molecule has 2 aromatic heterocycles. The molecule has 1 fully saturated rings. The fourth-order valence-corrected chi connectivity index (χ4v) is 5.08. The molecule has 8 nitrogen and oxygen atoms in total. The van der Waals surface area contributed by atoms with Crippen molar-refractivity contribution in [2.75, 3.05) is 17.2 Å². The van der Waals surface area contributed by atoms with Crippen LogP contribution in [0.5, 0.6) is 0 Å². The van der Waals surface area contributed by atoms with E-state index in [0.717, 1.165) is 46.8 Å². The van der Waals surface area contributed by atoms with E-state index in [0.29, 0.717) is 11.5 Å². The molecule has 32 heavy (non-hydrogen) atoms. The summed E-state index contributed by atoms with van der Waals surface area (Å²) in [5, 5.41) is 15.3. The quantitative estimate of drug-likeness (QED) is 0.463. The molecule has 0 bridgehead atoms. The van der Waals surface area contributed by atoms with Crippen LogP contribution in [0, 0.1) is 6.92 Å². The van der Waals surface area contributed by atoms with Crippen LogP contribution in [0.25, 0.3) is 10.4 Å². The Morgan fingerprint density at radius 2 is 1.88 bits per heavy atom. The smallest absolute Gasteiger partial charge is 0.329 e. The van der Waals surface area contributed by atoms with E-state index in [9.17, 15) is 9.59 Å². The summed E-state index contributed by atoms with van der Waals surface area (Å²) >= 11 is 1.51. The standard InChI is InChI=1S/C23H24N4O4S/c1-15-20(32-21(25-15)23(11-5-6-12-23)31-14-19(28)29)16-9-10-18(24-13-16)27-22(30)26-17-7-3-2-4-8-17/h2-4,7-10,13H,5-6,11-12,14H2,1H3,(H,28,29)(H2,24,26,27,30). The fraction of sp³-hybridized carbons (Fsp3) is 0.304. The van der Waals surface area contributed by atoms with Crippen molar-refractivity contribution < 1.29 is 19.4 Å². The minimum atomic E-state index is -0.978. The van der Waals surface area contributed by atoms with E-state index in [2.05, 4.69) is 15.6 Å². The lowest BCUT2D eigenvalue weighted by Crippen LogP contribution is -2.28. The number of carbonyl (C=O) groups is 2. The number of para-hydroxylation sites is 1. The van der Waals surface area contributed by atoms with Gasteiger partial charge in [-0.05, 0) is 44.0 Å². The number of pyridine rings is 1. The number of carbonyl (C=O) groups excluding carboxylic acids is 1. The predicted octanol–water partition coefficient (Wildman–Crippen LogP) is 5.03. The molecule has 3 aromatic rings. The molecule has 1 aliphatic rings. The Kier molecular flexibility index (Phi) is 6.48. The minimum absolute atomic E-state index is 0.332. The molecule has 1 saturated carbocycles. The molecule has 166 valence electrons. The summed E-state index contributed by atoms with van der Waals surface area (Å²) in [5.41, 5.74) is 1.79. The number of carboxylic acid groups (broad SMARTS) is 1. The molecule has 2 heterocycles. The second-order valence-electron chi connectivity index (χ2n) is 7.69. The number of aryl methyl sites for hydroxylation is 1. The lowest BCUT2D eigenvalue weighted by molar-refractivity contribution is -0.150. The SMILES string of the molecule is Cc1nc(C2(OCC(=O)O)CCCC2)sc1-c1ccc(NC(=O)Nc2ccccc2)nc1. The van der Waals surface area contributed by atoms with E-state index < -0.39 is 11.6 Å². The molecule has 0 atom stereocenters. The van der Waals surface area contributed by atoms with Gasteiger partial charge in [-0.15, -0.1) is 11.3 Å². The molecule has 9 heteroatoms. The first-order valence-corrected chi connectivity index (χ1v) is 11.2. The first-order chi connectivity index (χ1) is 15.4. The van der Waals surface area contributed by atoms with E-state index in [1.165, 1.54) is 11.3 Å². The molecule has 0 unspecified atom stereocenters. The lowest BCUT2D eigenvalue weighted by atomic mass is 10.0.